The average Bonchev–Trinajstić information content (AvgIpc) is 3.27. The van der Waals surface area contributed by atoms with Crippen LogP contribution in [0.5, 0.6) is 0 Å². The molecule has 0 unspecified atom stereocenters. The van der Waals surface area contributed by atoms with Crippen molar-refractivity contribution < 1.29 is 8.91 Å². The third kappa shape index (κ3) is 3.72. The van der Waals surface area contributed by atoms with Gasteiger partial charge in [-0.1, -0.05) is 28.0 Å². The van der Waals surface area contributed by atoms with Gasteiger partial charge >= 0.3 is 0 Å². The lowest BCUT2D eigenvalue weighted by Crippen LogP contribution is -2.33. The zero-order valence-electron chi connectivity index (χ0n) is 17.8. The highest BCUT2D eigenvalue weighted by Gasteiger charge is 2.22. The SMILES string of the molecule is CC1CCN(c2cc3c(cc2F)c(=O)c(-c2nc(-c4ccc(Br)cc4)no2)cn3C)CC1. The minimum atomic E-state index is -0.387. The van der Waals surface area contributed by atoms with Gasteiger partial charge in [0.15, 0.2) is 0 Å². The molecule has 0 spiro atoms. The highest BCUT2D eigenvalue weighted by Crippen LogP contribution is 2.30. The van der Waals surface area contributed by atoms with Crippen LogP contribution in [-0.2, 0) is 7.05 Å². The molecule has 0 N–H and O–H groups in total. The Morgan fingerprint density at radius 3 is 2.59 bits per heavy atom. The van der Waals surface area contributed by atoms with Gasteiger partial charge in [0.1, 0.15) is 11.4 Å². The van der Waals surface area contributed by atoms with Crippen LogP contribution in [0.3, 0.4) is 0 Å². The van der Waals surface area contributed by atoms with Gasteiger partial charge in [0, 0.05) is 41.8 Å². The Bertz CT molecular complexity index is 1360. The van der Waals surface area contributed by atoms with Crippen LogP contribution >= 0.6 is 15.9 Å². The van der Waals surface area contributed by atoms with E-state index in [1.165, 1.54) is 6.07 Å². The molecule has 1 aliphatic heterocycles. The van der Waals surface area contributed by atoms with Crippen molar-refractivity contribution in [2.45, 2.75) is 19.8 Å². The third-order valence-electron chi connectivity index (χ3n) is 6.14. The molecule has 6 nitrogen and oxygen atoms in total. The van der Waals surface area contributed by atoms with Gasteiger partial charge in [-0.15, -0.1) is 0 Å². The lowest BCUT2D eigenvalue weighted by molar-refractivity contribution is 0.432. The number of aryl methyl sites for hydroxylation is 1. The number of fused-ring (bicyclic) bond motifs is 1. The number of aromatic nitrogens is 3. The Kier molecular flexibility index (Phi) is 5.33. The Morgan fingerprint density at radius 1 is 1.16 bits per heavy atom. The minimum absolute atomic E-state index is 0.111. The first-order valence-corrected chi connectivity index (χ1v) is 11.4. The second kappa shape index (κ2) is 8.16. The summed E-state index contributed by atoms with van der Waals surface area (Å²) >= 11 is 3.40. The predicted molar refractivity (Wildman–Crippen MR) is 126 cm³/mol. The molecule has 0 saturated carbocycles. The number of hydrogen-bond acceptors (Lipinski definition) is 5. The molecule has 3 heterocycles. The van der Waals surface area contributed by atoms with Crippen LogP contribution in [0, 0.1) is 11.7 Å². The molecule has 0 aliphatic carbocycles. The second-order valence-electron chi connectivity index (χ2n) is 8.40. The molecule has 1 aliphatic rings. The third-order valence-corrected chi connectivity index (χ3v) is 6.67. The second-order valence-corrected chi connectivity index (χ2v) is 9.32. The summed E-state index contributed by atoms with van der Waals surface area (Å²) < 4.78 is 23.2. The first kappa shape index (κ1) is 20.9. The van der Waals surface area contributed by atoms with E-state index in [1.807, 2.05) is 35.9 Å². The number of rotatable bonds is 3. The summed E-state index contributed by atoms with van der Waals surface area (Å²) in [5, 5.41) is 4.30. The summed E-state index contributed by atoms with van der Waals surface area (Å²) in [5.74, 6) is 0.760. The van der Waals surface area contributed by atoms with Gasteiger partial charge in [0.05, 0.1) is 11.2 Å². The van der Waals surface area contributed by atoms with Crippen molar-refractivity contribution in [3.63, 3.8) is 0 Å². The van der Waals surface area contributed by atoms with E-state index in [2.05, 4.69) is 37.9 Å². The van der Waals surface area contributed by atoms with Gasteiger partial charge in [-0.05, 0) is 55.2 Å². The summed E-state index contributed by atoms with van der Waals surface area (Å²) in [5.41, 5.74) is 1.90. The quantitative estimate of drug-likeness (QED) is 0.380. The van der Waals surface area contributed by atoms with Crippen molar-refractivity contribution in [3.05, 3.63) is 63.1 Å². The molecule has 1 fully saturated rings. The lowest BCUT2D eigenvalue weighted by atomic mass is 9.98. The molecular formula is C24H22BrFN4O2. The van der Waals surface area contributed by atoms with Crippen LogP contribution in [0.25, 0.3) is 33.7 Å². The minimum Gasteiger partial charge on any atom is -0.369 e. The van der Waals surface area contributed by atoms with Gasteiger partial charge in [0.25, 0.3) is 5.89 Å². The number of anilines is 1. The van der Waals surface area contributed by atoms with Crippen molar-refractivity contribution >= 4 is 32.5 Å². The Balaban J connectivity index is 1.56. The summed E-state index contributed by atoms with van der Waals surface area (Å²) in [4.78, 5) is 19.7. The van der Waals surface area contributed by atoms with E-state index >= 15 is 4.39 Å². The molecule has 0 radical (unpaired) electrons. The number of benzene rings is 2. The molecule has 5 rings (SSSR count). The van der Waals surface area contributed by atoms with E-state index in [9.17, 15) is 4.79 Å². The fourth-order valence-electron chi connectivity index (χ4n) is 4.18. The molecule has 1 saturated heterocycles. The molecule has 2 aromatic heterocycles. The summed E-state index contributed by atoms with van der Waals surface area (Å²) in [6.07, 6.45) is 3.74. The van der Waals surface area contributed by atoms with Gasteiger partial charge < -0.3 is 14.0 Å². The van der Waals surface area contributed by atoms with Gasteiger partial charge in [0.2, 0.25) is 11.3 Å². The van der Waals surface area contributed by atoms with Crippen LogP contribution < -0.4 is 10.3 Å². The standard InChI is InChI=1S/C24H22BrFN4O2/c1-14-7-9-30(10-8-14)21-12-20-17(11-19(21)26)22(31)18(13-29(20)2)24-27-23(28-32-24)15-3-5-16(25)6-4-15/h3-6,11-14H,7-10H2,1-2H3. The topological polar surface area (TPSA) is 64.2 Å². The van der Waals surface area contributed by atoms with Crippen LogP contribution in [-0.4, -0.2) is 27.8 Å². The Labute approximate surface area is 192 Å². The maximum absolute atomic E-state index is 15.1. The van der Waals surface area contributed by atoms with E-state index in [-0.39, 0.29) is 22.7 Å². The average molecular weight is 497 g/mol. The van der Waals surface area contributed by atoms with Gasteiger partial charge in [-0.3, -0.25) is 4.79 Å². The number of piperidine rings is 1. The fraction of sp³-hybridized carbons (Fsp3) is 0.292. The van der Waals surface area contributed by atoms with E-state index in [0.717, 1.165) is 36.0 Å². The highest BCUT2D eigenvalue weighted by molar-refractivity contribution is 9.10. The maximum Gasteiger partial charge on any atom is 0.263 e. The predicted octanol–water partition coefficient (Wildman–Crippen LogP) is 5.39. The van der Waals surface area contributed by atoms with Crippen LogP contribution in [0.2, 0.25) is 0 Å². The maximum atomic E-state index is 15.1. The fourth-order valence-corrected chi connectivity index (χ4v) is 4.45. The Morgan fingerprint density at radius 2 is 1.88 bits per heavy atom. The number of nitrogens with zero attached hydrogens (tertiary/aromatic N) is 4. The molecule has 0 bridgehead atoms. The highest BCUT2D eigenvalue weighted by atomic mass is 79.9. The smallest absolute Gasteiger partial charge is 0.263 e. The normalized spacial score (nSPS) is 14.9. The molecule has 8 heteroatoms. The van der Waals surface area contributed by atoms with Crippen molar-refractivity contribution in [1.82, 2.24) is 14.7 Å². The van der Waals surface area contributed by atoms with Crippen molar-refractivity contribution in [3.8, 4) is 22.8 Å². The molecule has 164 valence electrons. The van der Waals surface area contributed by atoms with E-state index in [1.54, 1.807) is 12.3 Å². The molecule has 2 aromatic carbocycles. The van der Waals surface area contributed by atoms with E-state index in [0.29, 0.717) is 28.3 Å². The summed E-state index contributed by atoms with van der Waals surface area (Å²) in [7, 11) is 1.83. The lowest BCUT2D eigenvalue weighted by Gasteiger charge is -2.32. The van der Waals surface area contributed by atoms with Crippen LogP contribution in [0.15, 0.2) is 56.4 Å². The summed E-state index contributed by atoms with van der Waals surface area (Å²) in [6, 6.07) is 10.6. The van der Waals surface area contributed by atoms with Gasteiger partial charge in [-0.25, -0.2) is 4.39 Å². The van der Waals surface area contributed by atoms with Crippen molar-refractivity contribution in [2.24, 2.45) is 13.0 Å². The number of halogens is 2. The molecule has 0 amide bonds. The van der Waals surface area contributed by atoms with E-state index < -0.39 is 0 Å². The zero-order valence-corrected chi connectivity index (χ0v) is 19.4. The molecule has 0 atom stereocenters. The number of hydrogen-bond donors (Lipinski definition) is 0. The first-order chi connectivity index (χ1) is 15.4. The Hall–Kier alpha value is -3.00. The zero-order chi connectivity index (χ0) is 22.4. The molecule has 4 aromatic rings. The van der Waals surface area contributed by atoms with Crippen LogP contribution in [0.4, 0.5) is 10.1 Å². The number of pyridine rings is 1. The summed E-state index contributed by atoms with van der Waals surface area (Å²) in [6.45, 7) is 3.85. The van der Waals surface area contributed by atoms with E-state index in [4.69, 9.17) is 4.52 Å². The van der Waals surface area contributed by atoms with Gasteiger partial charge in [-0.2, -0.15) is 4.98 Å². The molecule has 32 heavy (non-hydrogen) atoms. The monoisotopic (exact) mass is 496 g/mol. The van der Waals surface area contributed by atoms with Crippen molar-refractivity contribution in [1.29, 1.82) is 0 Å². The van der Waals surface area contributed by atoms with Crippen molar-refractivity contribution in [2.75, 3.05) is 18.0 Å². The largest absolute Gasteiger partial charge is 0.369 e. The van der Waals surface area contributed by atoms with Crippen LogP contribution in [0.1, 0.15) is 19.8 Å². The molecular weight excluding hydrogens is 475 g/mol. The first-order valence-electron chi connectivity index (χ1n) is 10.6.